The highest BCUT2D eigenvalue weighted by atomic mass is 32.2. The van der Waals surface area contributed by atoms with Gasteiger partial charge in [-0.25, -0.2) is 18.4 Å². The Kier molecular flexibility index (Phi) is 3.16. The smallest absolute Gasteiger partial charge is 0.179 e. The lowest BCUT2D eigenvalue weighted by Crippen LogP contribution is -2.20. The molecule has 0 amide bonds. The molecule has 5 nitrogen and oxygen atoms in total. The van der Waals surface area contributed by atoms with Crippen molar-refractivity contribution in [2.75, 3.05) is 17.6 Å². The monoisotopic (exact) mass is 305 g/mol. The molecular weight excluding hydrogens is 286 g/mol. The fraction of sp³-hybridized carbons (Fsp3) is 0.467. The molecule has 0 radical (unpaired) electrons. The molecule has 0 saturated carbocycles. The second kappa shape index (κ2) is 4.66. The molecule has 2 heterocycles. The van der Waals surface area contributed by atoms with Crippen LogP contribution in [-0.4, -0.2) is 30.7 Å². The van der Waals surface area contributed by atoms with Gasteiger partial charge in [-0.3, -0.25) is 0 Å². The largest absolute Gasteiger partial charge is 0.369 e. The summed E-state index contributed by atoms with van der Waals surface area (Å²) in [6.07, 6.45) is 2.05. The minimum Gasteiger partial charge on any atom is -0.369 e. The average Bonchev–Trinajstić information content (AvgIpc) is 2.71. The molecule has 21 heavy (non-hydrogen) atoms. The highest BCUT2D eigenvalue weighted by molar-refractivity contribution is 7.91. The van der Waals surface area contributed by atoms with Crippen molar-refractivity contribution in [1.29, 1.82) is 0 Å². The van der Waals surface area contributed by atoms with Crippen molar-refractivity contribution < 1.29 is 8.42 Å². The second-order valence-corrected chi connectivity index (χ2v) is 8.72. The molecule has 0 atom stereocenters. The summed E-state index contributed by atoms with van der Waals surface area (Å²) in [6, 6.07) is 3.43. The van der Waals surface area contributed by atoms with Gasteiger partial charge in [-0.2, -0.15) is 0 Å². The Hall–Kier alpha value is -1.69. The van der Waals surface area contributed by atoms with Gasteiger partial charge in [0.1, 0.15) is 12.1 Å². The van der Waals surface area contributed by atoms with Gasteiger partial charge in [0, 0.05) is 11.9 Å². The van der Waals surface area contributed by atoms with E-state index in [1.165, 1.54) is 6.33 Å². The van der Waals surface area contributed by atoms with Crippen LogP contribution in [0.3, 0.4) is 0 Å². The van der Waals surface area contributed by atoms with E-state index in [4.69, 9.17) is 0 Å². The third-order valence-electron chi connectivity index (χ3n) is 3.61. The molecule has 0 spiro atoms. The molecule has 1 aromatic heterocycles. The Labute approximate surface area is 124 Å². The number of aromatic nitrogens is 2. The van der Waals surface area contributed by atoms with Gasteiger partial charge in [0.05, 0.1) is 16.2 Å². The van der Waals surface area contributed by atoms with Gasteiger partial charge in [-0.05, 0) is 29.5 Å². The fourth-order valence-corrected chi connectivity index (χ4v) is 4.12. The zero-order valence-electron chi connectivity index (χ0n) is 12.5. The normalized spacial score (nSPS) is 16.9. The Morgan fingerprint density at radius 1 is 1.24 bits per heavy atom. The van der Waals surface area contributed by atoms with E-state index < -0.39 is 9.84 Å². The van der Waals surface area contributed by atoms with E-state index in [0.29, 0.717) is 11.3 Å². The number of benzene rings is 1. The summed E-state index contributed by atoms with van der Waals surface area (Å²) in [5.74, 6) is 0.901. The van der Waals surface area contributed by atoms with E-state index >= 15 is 0 Å². The number of hydrogen-bond acceptors (Lipinski definition) is 5. The molecule has 0 fully saturated rings. The van der Waals surface area contributed by atoms with Crippen LogP contribution in [0, 0.1) is 5.41 Å². The number of sulfone groups is 1. The first-order valence-electron chi connectivity index (χ1n) is 7.01. The summed E-state index contributed by atoms with van der Waals surface area (Å²) in [7, 11) is -3.14. The molecule has 1 aliphatic rings. The van der Waals surface area contributed by atoms with Gasteiger partial charge >= 0.3 is 0 Å². The van der Waals surface area contributed by atoms with Crippen molar-refractivity contribution >= 4 is 26.6 Å². The van der Waals surface area contributed by atoms with Gasteiger partial charge in [-0.15, -0.1) is 0 Å². The van der Waals surface area contributed by atoms with Gasteiger partial charge in [-0.1, -0.05) is 20.8 Å². The number of nitrogens with one attached hydrogen (secondary N) is 1. The van der Waals surface area contributed by atoms with Crippen molar-refractivity contribution in [3.05, 3.63) is 24.0 Å². The third kappa shape index (κ3) is 2.60. The van der Waals surface area contributed by atoms with E-state index in [9.17, 15) is 8.42 Å². The number of hydrogen-bond donors (Lipinski definition) is 1. The van der Waals surface area contributed by atoms with Crippen LogP contribution >= 0.6 is 0 Å². The molecule has 1 aromatic carbocycles. The van der Waals surface area contributed by atoms with Gasteiger partial charge < -0.3 is 5.32 Å². The standard InChI is InChI=1S/C15H19N3O2S/c1-15(2,3)8-16-14-13-10-6-7-21(19,20)12(10)5-4-11(13)17-9-18-14/h4-5,9H,6-8H2,1-3H3,(H,16,17,18). The topological polar surface area (TPSA) is 72.0 Å². The van der Waals surface area contributed by atoms with Gasteiger partial charge in [0.15, 0.2) is 9.84 Å². The first-order chi connectivity index (χ1) is 9.78. The van der Waals surface area contributed by atoms with Crippen molar-refractivity contribution in [3.8, 4) is 0 Å². The molecule has 3 rings (SSSR count). The Balaban J connectivity index is 2.16. The van der Waals surface area contributed by atoms with Crippen molar-refractivity contribution in [3.63, 3.8) is 0 Å². The maximum atomic E-state index is 12.1. The fourth-order valence-electron chi connectivity index (χ4n) is 2.57. The molecule has 0 unspecified atom stereocenters. The quantitative estimate of drug-likeness (QED) is 0.922. The van der Waals surface area contributed by atoms with Crippen LogP contribution in [0.5, 0.6) is 0 Å². The Morgan fingerprint density at radius 2 is 2.00 bits per heavy atom. The van der Waals surface area contributed by atoms with Crippen LogP contribution in [-0.2, 0) is 16.3 Å². The van der Waals surface area contributed by atoms with Crippen molar-refractivity contribution in [1.82, 2.24) is 9.97 Å². The summed E-state index contributed by atoms with van der Waals surface area (Å²) in [6.45, 7) is 7.17. The predicted molar refractivity (Wildman–Crippen MR) is 83.2 cm³/mol. The van der Waals surface area contributed by atoms with Crippen LogP contribution in [0.25, 0.3) is 10.9 Å². The molecule has 1 aliphatic heterocycles. The highest BCUT2D eigenvalue weighted by Gasteiger charge is 2.29. The third-order valence-corrected chi connectivity index (χ3v) is 5.40. The summed E-state index contributed by atoms with van der Waals surface area (Å²) >= 11 is 0. The zero-order chi connectivity index (χ0) is 15.3. The first-order valence-corrected chi connectivity index (χ1v) is 8.66. The van der Waals surface area contributed by atoms with E-state index in [1.807, 2.05) is 0 Å². The lowest BCUT2D eigenvalue weighted by Gasteiger charge is -2.20. The Morgan fingerprint density at radius 3 is 2.71 bits per heavy atom. The molecule has 0 saturated heterocycles. The minimum absolute atomic E-state index is 0.112. The number of aryl methyl sites for hydroxylation is 1. The van der Waals surface area contributed by atoms with Crippen LogP contribution in [0.2, 0.25) is 0 Å². The summed E-state index contributed by atoms with van der Waals surface area (Å²) in [5.41, 5.74) is 1.75. The van der Waals surface area contributed by atoms with Gasteiger partial charge in [0.25, 0.3) is 0 Å². The van der Waals surface area contributed by atoms with E-state index in [1.54, 1.807) is 12.1 Å². The Bertz CT molecular complexity index is 808. The molecule has 2 aromatic rings. The van der Waals surface area contributed by atoms with Crippen LogP contribution in [0.1, 0.15) is 26.3 Å². The number of fused-ring (bicyclic) bond motifs is 3. The van der Waals surface area contributed by atoms with Crippen LogP contribution in [0.15, 0.2) is 23.4 Å². The second-order valence-electron chi connectivity index (χ2n) is 6.64. The van der Waals surface area contributed by atoms with Crippen LogP contribution < -0.4 is 5.32 Å². The van der Waals surface area contributed by atoms with E-state index in [0.717, 1.165) is 28.8 Å². The molecule has 0 bridgehead atoms. The molecular formula is C15H19N3O2S. The minimum atomic E-state index is -3.14. The summed E-state index contributed by atoms with van der Waals surface area (Å²) in [5, 5.41) is 4.19. The molecule has 112 valence electrons. The average molecular weight is 305 g/mol. The highest BCUT2D eigenvalue weighted by Crippen LogP contribution is 2.34. The van der Waals surface area contributed by atoms with Crippen molar-refractivity contribution in [2.45, 2.75) is 32.1 Å². The lowest BCUT2D eigenvalue weighted by molar-refractivity contribution is 0.442. The zero-order valence-corrected chi connectivity index (χ0v) is 13.3. The van der Waals surface area contributed by atoms with E-state index in [-0.39, 0.29) is 11.2 Å². The predicted octanol–water partition coefficient (Wildman–Crippen LogP) is 2.42. The summed E-state index contributed by atoms with van der Waals surface area (Å²) in [4.78, 5) is 9.02. The van der Waals surface area contributed by atoms with E-state index in [2.05, 4.69) is 36.1 Å². The summed E-state index contributed by atoms with van der Waals surface area (Å²) < 4.78 is 24.1. The number of anilines is 1. The molecule has 6 heteroatoms. The maximum Gasteiger partial charge on any atom is 0.179 e. The van der Waals surface area contributed by atoms with Gasteiger partial charge in [0.2, 0.25) is 0 Å². The molecule has 1 N–H and O–H groups in total. The van der Waals surface area contributed by atoms with Crippen LogP contribution in [0.4, 0.5) is 5.82 Å². The number of nitrogens with zero attached hydrogens (tertiary/aromatic N) is 2. The molecule has 0 aliphatic carbocycles. The SMILES string of the molecule is CC(C)(C)CNc1ncnc2ccc3c(c12)CCS3(=O)=O. The van der Waals surface area contributed by atoms with Crippen molar-refractivity contribution in [2.24, 2.45) is 5.41 Å². The lowest BCUT2D eigenvalue weighted by atomic mass is 9.97. The number of rotatable bonds is 2. The maximum absolute atomic E-state index is 12.1. The first kappa shape index (κ1) is 14.3.